The molecule has 1 aromatic carbocycles. The molecular formula is C14H22N2O. The molecule has 1 aliphatic rings. The molecule has 1 N–H and O–H groups in total. The first-order valence-electron chi connectivity index (χ1n) is 6.39. The Balaban J connectivity index is 2.00. The van der Waals surface area contributed by atoms with Crippen molar-refractivity contribution in [2.45, 2.75) is 25.3 Å². The second-order valence-corrected chi connectivity index (χ2v) is 4.70. The molecule has 1 fully saturated rings. The zero-order valence-corrected chi connectivity index (χ0v) is 10.8. The Labute approximate surface area is 104 Å². The van der Waals surface area contributed by atoms with E-state index in [2.05, 4.69) is 29.4 Å². The molecule has 0 saturated carbocycles. The third-order valence-corrected chi connectivity index (χ3v) is 3.40. The van der Waals surface area contributed by atoms with Crippen molar-refractivity contribution in [3.63, 3.8) is 0 Å². The summed E-state index contributed by atoms with van der Waals surface area (Å²) in [6.45, 7) is 2.20. The number of methoxy groups -OCH3 is 1. The molecule has 94 valence electrons. The fraction of sp³-hybridized carbons (Fsp3) is 0.571. The van der Waals surface area contributed by atoms with E-state index in [1.807, 2.05) is 12.1 Å². The number of piperidine rings is 1. The molecule has 1 saturated heterocycles. The first kappa shape index (κ1) is 12.2. The number of likely N-dealkylation sites (N-methyl/N-ethyl adjacent to an activating group) is 1. The average Bonchev–Trinajstić information content (AvgIpc) is 2.40. The van der Waals surface area contributed by atoms with E-state index in [-0.39, 0.29) is 0 Å². The van der Waals surface area contributed by atoms with Crippen LogP contribution in [-0.4, -0.2) is 33.3 Å². The van der Waals surface area contributed by atoms with Crippen LogP contribution < -0.4 is 15.0 Å². The summed E-state index contributed by atoms with van der Waals surface area (Å²) in [6.07, 6.45) is 3.94. The summed E-state index contributed by atoms with van der Waals surface area (Å²) < 4.78 is 5.39. The predicted molar refractivity (Wildman–Crippen MR) is 71.9 cm³/mol. The van der Waals surface area contributed by atoms with Gasteiger partial charge in [-0.2, -0.15) is 0 Å². The van der Waals surface area contributed by atoms with E-state index in [0.29, 0.717) is 6.04 Å². The highest BCUT2D eigenvalue weighted by Crippen LogP contribution is 2.27. The van der Waals surface area contributed by atoms with Gasteiger partial charge in [-0.05, 0) is 31.5 Å². The monoisotopic (exact) mass is 234 g/mol. The molecule has 17 heavy (non-hydrogen) atoms. The van der Waals surface area contributed by atoms with Gasteiger partial charge in [0, 0.05) is 19.6 Å². The Bertz CT molecular complexity index is 348. The number of hydrogen-bond donors (Lipinski definition) is 1. The second kappa shape index (κ2) is 5.92. The first-order chi connectivity index (χ1) is 8.31. The summed E-state index contributed by atoms with van der Waals surface area (Å²) in [4.78, 5) is 2.28. The van der Waals surface area contributed by atoms with Gasteiger partial charge in [-0.25, -0.2) is 0 Å². The average molecular weight is 234 g/mol. The van der Waals surface area contributed by atoms with Gasteiger partial charge in [-0.3, -0.25) is 0 Å². The number of rotatable bonds is 4. The largest absolute Gasteiger partial charge is 0.495 e. The zero-order chi connectivity index (χ0) is 12.1. The molecule has 1 heterocycles. The molecular weight excluding hydrogens is 212 g/mol. The molecule has 3 heteroatoms. The highest BCUT2D eigenvalue weighted by molar-refractivity contribution is 5.57. The van der Waals surface area contributed by atoms with Gasteiger partial charge in [-0.1, -0.05) is 18.6 Å². The molecule has 1 aromatic rings. The molecule has 0 amide bonds. The van der Waals surface area contributed by atoms with Gasteiger partial charge in [0.05, 0.1) is 12.8 Å². The van der Waals surface area contributed by atoms with Gasteiger partial charge in [0.15, 0.2) is 0 Å². The number of para-hydroxylation sites is 2. The van der Waals surface area contributed by atoms with Crippen LogP contribution in [-0.2, 0) is 0 Å². The van der Waals surface area contributed by atoms with Gasteiger partial charge in [0.2, 0.25) is 0 Å². The van der Waals surface area contributed by atoms with Gasteiger partial charge >= 0.3 is 0 Å². The Morgan fingerprint density at radius 1 is 1.35 bits per heavy atom. The minimum Gasteiger partial charge on any atom is -0.495 e. The number of anilines is 1. The number of ether oxygens (including phenoxy) is 1. The van der Waals surface area contributed by atoms with Crippen LogP contribution in [0.5, 0.6) is 5.75 Å². The summed E-state index contributed by atoms with van der Waals surface area (Å²) in [7, 11) is 3.86. The third-order valence-electron chi connectivity index (χ3n) is 3.40. The summed E-state index contributed by atoms with van der Waals surface area (Å²) in [5.41, 5.74) is 1.17. The molecule has 0 bridgehead atoms. The van der Waals surface area contributed by atoms with Crippen LogP contribution in [0.2, 0.25) is 0 Å². The molecule has 0 aromatic heterocycles. The summed E-state index contributed by atoms with van der Waals surface area (Å²) in [5.74, 6) is 0.950. The van der Waals surface area contributed by atoms with Crippen LogP contribution in [0.1, 0.15) is 19.3 Å². The number of nitrogens with one attached hydrogen (secondary N) is 1. The third kappa shape index (κ3) is 3.13. The van der Waals surface area contributed by atoms with Crippen molar-refractivity contribution >= 4 is 5.69 Å². The van der Waals surface area contributed by atoms with E-state index in [1.54, 1.807) is 7.11 Å². The van der Waals surface area contributed by atoms with Crippen molar-refractivity contribution in [3.8, 4) is 5.75 Å². The quantitative estimate of drug-likeness (QED) is 0.865. The summed E-state index contributed by atoms with van der Waals surface area (Å²) >= 11 is 0. The van der Waals surface area contributed by atoms with Crippen molar-refractivity contribution in [3.05, 3.63) is 24.3 Å². The van der Waals surface area contributed by atoms with Crippen molar-refractivity contribution < 1.29 is 4.74 Å². The van der Waals surface area contributed by atoms with Crippen LogP contribution in [0.3, 0.4) is 0 Å². The lowest BCUT2D eigenvalue weighted by Gasteiger charge is -2.30. The van der Waals surface area contributed by atoms with Crippen LogP contribution in [0.4, 0.5) is 5.69 Å². The Morgan fingerprint density at radius 3 is 2.88 bits per heavy atom. The van der Waals surface area contributed by atoms with Crippen LogP contribution in [0.25, 0.3) is 0 Å². The molecule has 2 rings (SSSR count). The Hall–Kier alpha value is -1.22. The van der Waals surface area contributed by atoms with Crippen LogP contribution >= 0.6 is 0 Å². The van der Waals surface area contributed by atoms with E-state index < -0.39 is 0 Å². The first-order valence-corrected chi connectivity index (χ1v) is 6.39. The second-order valence-electron chi connectivity index (χ2n) is 4.70. The van der Waals surface area contributed by atoms with E-state index in [4.69, 9.17) is 4.74 Å². The lowest BCUT2D eigenvalue weighted by atomic mass is 10.0. The van der Waals surface area contributed by atoms with Crippen LogP contribution in [0.15, 0.2) is 24.3 Å². The van der Waals surface area contributed by atoms with Crippen molar-refractivity contribution in [2.75, 3.05) is 32.1 Å². The maximum atomic E-state index is 5.39. The fourth-order valence-electron chi connectivity index (χ4n) is 2.45. The lowest BCUT2D eigenvalue weighted by Crippen LogP contribution is -2.42. The summed E-state index contributed by atoms with van der Waals surface area (Å²) in [6, 6.07) is 8.80. The molecule has 0 spiro atoms. The smallest absolute Gasteiger partial charge is 0.142 e. The fourth-order valence-corrected chi connectivity index (χ4v) is 2.45. The van der Waals surface area contributed by atoms with E-state index in [0.717, 1.165) is 18.8 Å². The Morgan fingerprint density at radius 2 is 2.18 bits per heavy atom. The SMILES string of the molecule is COc1ccccc1N(C)CC1CCCCN1. The number of nitrogens with zero attached hydrogens (tertiary/aromatic N) is 1. The molecule has 1 unspecified atom stereocenters. The van der Waals surface area contributed by atoms with E-state index in [9.17, 15) is 0 Å². The molecule has 3 nitrogen and oxygen atoms in total. The van der Waals surface area contributed by atoms with Gasteiger partial charge in [0.1, 0.15) is 5.75 Å². The van der Waals surface area contributed by atoms with Gasteiger partial charge < -0.3 is 15.0 Å². The summed E-state index contributed by atoms with van der Waals surface area (Å²) in [5, 5.41) is 3.57. The molecule has 0 radical (unpaired) electrons. The minimum absolute atomic E-state index is 0.610. The Kier molecular flexibility index (Phi) is 4.26. The standard InChI is InChI=1S/C14H22N2O/c1-16(11-12-7-5-6-10-15-12)13-8-3-4-9-14(13)17-2/h3-4,8-9,12,15H,5-7,10-11H2,1-2H3. The topological polar surface area (TPSA) is 24.5 Å². The van der Waals surface area contributed by atoms with Crippen molar-refractivity contribution in [2.24, 2.45) is 0 Å². The van der Waals surface area contributed by atoms with Crippen molar-refractivity contribution in [1.29, 1.82) is 0 Å². The normalized spacial score (nSPS) is 20.0. The highest BCUT2D eigenvalue weighted by atomic mass is 16.5. The van der Waals surface area contributed by atoms with E-state index >= 15 is 0 Å². The van der Waals surface area contributed by atoms with Crippen LogP contribution in [0, 0.1) is 0 Å². The van der Waals surface area contributed by atoms with E-state index in [1.165, 1.54) is 24.9 Å². The van der Waals surface area contributed by atoms with Gasteiger partial charge in [0.25, 0.3) is 0 Å². The number of benzene rings is 1. The molecule has 1 atom stereocenters. The maximum Gasteiger partial charge on any atom is 0.142 e. The lowest BCUT2D eigenvalue weighted by molar-refractivity contribution is 0.397. The maximum absolute atomic E-state index is 5.39. The molecule has 1 aliphatic heterocycles. The van der Waals surface area contributed by atoms with Crippen molar-refractivity contribution in [1.82, 2.24) is 5.32 Å². The highest BCUT2D eigenvalue weighted by Gasteiger charge is 2.16. The molecule has 0 aliphatic carbocycles. The minimum atomic E-state index is 0.610. The zero-order valence-electron chi connectivity index (χ0n) is 10.8. The number of hydrogen-bond acceptors (Lipinski definition) is 3. The van der Waals surface area contributed by atoms with Gasteiger partial charge in [-0.15, -0.1) is 0 Å². The predicted octanol–water partition coefficient (Wildman–Crippen LogP) is 2.27.